The smallest absolute Gasteiger partial charge is 0.305 e. The van der Waals surface area contributed by atoms with Crippen LogP contribution in [0.1, 0.15) is 26.2 Å². The van der Waals surface area contributed by atoms with E-state index in [1.807, 2.05) is 6.92 Å². The molecule has 3 N–H and O–H groups in total. The largest absolute Gasteiger partial charge is 0.481 e. The van der Waals surface area contributed by atoms with Crippen LogP contribution in [0.2, 0.25) is 0 Å². The van der Waals surface area contributed by atoms with Gasteiger partial charge in [0.2, 0.25) is 5.91 Å². The average molecular weight is 240 g/mol. The highest BCUT2D eigenvalue weighted by atomic mass is 16.4. The molecule has 17 heavy (non-hydrogen) atoms. The number of carbonyl (C=O) groups excluding carboxylic acids is 1. The summed E-state index contributed by atoms with van der Waals surface area (Å²) < 4.78 is 0. The molecule has 2 fully saturated rings. The molecule has 2 rings (SSSR count). The van der Waals surface area contributed by atoms with Gasteiger partial charge >= 0.3 is 5.97 Å². The second-order valence-corrected chi connectivity index (χ2v) is 5.29. The first-order valence-corrected chi connectivity index (χ1v) is 6.31. The van der Waals surface area contributed by atoms with Crippen molar-refractivity contribution in [3.05, 3.63) is 0 Å². The fourth-order valence-corrected chi connectivity index (χ4v) is 2.47. The van der Waals surface area contributed by atoms with E-state index in [4.69, 9.17) is 5.11 Å². The molecular formula is C12H20N2O3. The molecule has 1 aliphatic heterocycles. The Bertz CT molecular complexity index is 315. The second kappa shape index (κ2) is 5.04. The van der Waals surface area contributed by atoms with Crippen LogP contribution in [-0.2, 0) is 9.59 Å². The molecule has 3 atom stereocenters. The number of aliphatic carboxylic acids is 1. The minimum absolute atomic E-state index is 0.00922. The molecule has 2 aliphatic rings. The lowest BCUT2D eigenvalue weighted by molar-refractivity contribution is -0.138. The zero-order valence-corrected chi connectivity index (χ0v) is 10.1. The minimum atomic E-state index is -0.834. The van der Waals surface area contributed by atoms with Crippen molar-refractivity contribution in [2.75, 3.05) is 13.1 Å². The Morgan fingerprint density at radius 3 is 2.59 bits per heavy atom. The Hall–Kier alpha value is -1.10. The number of hydrogen-bond donors (Lipinski definition) is 3. The summed E-state index contributed by atoms with van der Waals surface area (Å²) in [5.74, 6) is -0.120. The summed E-state index contributed by atoms with van der Waals surface area (Å²) in [5.41, 5.74) is 0. The third-order valence-electron chi connectivity index (χ3n) is 3.77. The van der Waals surface area contributed by atoms with E-state index in [2.05, 4.69) is 10.6 Å². The fourth-order valence-electron chi connectivity index (χ4n) is 2.47. The summed E-state index contributed by atoms with van der Waals surface area (Å²) in [6.45, 7) is 3.62. The van der Waals surface area contributed by atoms with E-state index >= 15 is 0 Å². The van der Waals surface area contributed by atoms with Crippen molar-refractivity contribution < 1.29 is 14.7 Å². The number of rotatable bonds is 5. The molecule has 5 nitrogen and oxygen atoms in total. The van der Waals surface area contributed by atoms with Crippen LogP contribution in [0, 0.1) is 17.8 Å². The van der Waals surface area contributed by atoms with Crippen molar-refractivity contribution in [2.24, 2.45) is 17.8 Å². The second-order valence-electron chi connectivity index (χ2n) is 5.29. The molecule has 0 aromatic rings. The van der Waals surface area contributed by atoms with Crippen LogP contribution < -0.4 is 10.6 Å². The summed E-state index contributed by atoms with van der Waals surface area (Å²) >= 11 is 0. The molecule has 1 saturated heterocycles. The van der Waals surface area contributed by atoms with Crippen LogP contribution in [0.25, 0.3) is 0 Å². The summed E-state index contributed by atoms with van der Waals surface area (Å²) in [5, 5.41) is 14.9. The maximum atomic E-state index is 12.0. The van der Waals surface area contributed by atoms with Gasteiger partial charge in [0.05, 0.1) is 12.3 Å². The number of nitrogens with one attached hydrogen (secondary N) is 2. The van der Waals surface area contributed by atoms with Gasteiger partial charge in [-0.15, -0.1) is 0 Å². The first kappa shape index (κ1) is 12.4. The van der Waals surface area contributed by atoms with E-state index in [0.717, 1.165) is 19.4 Å². The zero-order valence-electron chi connectivity index (χ0n) is 10.1. The molecule has 3 unspecified atom stereocenters. The molecule has 0 aromatic carbocycles. The van der Waals surface area contributed by atoms with Crippen molar-refractivity contribution in [1.29, 1.82) is 0 Å². The van der Waals surface area contributed by atoms with Crippen molar-refractivity contribution in [1.82, 2.24) is 10.6 Å². The van der Waals surface area contributed by atoms with Gasteiger partial charge in [0.1, 0.15) is 0 Å². The number of carboxylic acid groups (broad SMARTS) is 1. The van der Waals surface area contributed by atoms with Gasteiger partial charge in [-0.2, -0.15) is 0 Å². The Morgan fingerprint density at radius 1 is 1.41 bits per heavy atom. The number of hydrogen-bond acceptors (Lipinski definition) is 3. The highest BCUT2D eigenvalue weighted by molar-refractivity contribution is 5.80. The highest BCUT2D eigenvalue weighted by Crippen LogP contribution is 2.34. The number of carbonyl (C=O) groups is 2. The van der Waals surface area contributed by atoms with E-state index < -0.39 is 5.97 Å². The van der Waals surface area contributed by atoms with Gasteiger partial charge in [0.25, 0.3) is 0 Å². The van der Waals surface area contributed by atoms with Gasteiger partial charge < -0.3 is 15.7 Å². The first-order chi connectivity index (χ1) is 8.08. The van der Waals surface area contributed by atoms with Crippen LogP contribution in [0.4, 0.5) is 0 Å². The Balaban J connectivity index is 1.88. The fraction of sp³-hybridized carbons (Fsp3) is 0.833. The normalized spacial score (nSPS) is 29.9. The molecule has 96 valence electrons. The van der Waals surface area contributed by atoms with Gasteiger partial charge in [0.15, 0.2) is 0 Å². The predicted octanol–water partition coefficient (Wildman–Crippen LogP) is 0.211. The zero-order chi connectivity index (χ0) is 12.4. The van der Waals surface area contributed by atoms with Crippen LogP contribution in [-0.4, -0.2) is 36.1 Å². The quantitative estimate of drug-likeness (QED) is 0.642. The van der Waals surface area contributed by atoms with Gasteiger partial charge in [-0.3, -0.25) is 9.59 Å². The van der Waals surface area contributed by atoms with E-state index in [1.165, 1.54) is 0 Å². The molecule has 1 aliphatic carbocycles. The summed E-state index contributed by atoms with van der Waals surface area (Å²) in [6.07, 6.45) is 2.12. The first-order valence-electron chi connectivity index (χ1n) is 6.31. The Kier molecular flexibility index (Phi) is 3.66. The van der Waals surface area contributed by atoms with Crippen molar-refractivity contribution >= 4 is 11.9 Å². The van der Waals surface area contributed by atoms with E-state index in [1.54, 1.807) is 0 Å². The van der Waals surface area contributed by atoms with Gasteiger partial charge in [-0.05, 0) is 31.2 Å². The molecule has 0 bridgehead atoms. The summed E-state index contributed by atoms with van der Waals surface area (Å²) in [4.78, 5) is 22.8. The van der Waals surface area contributed by atoms with E-state index in [-0.39, 0.29) is 24.3 Å². The molecule has 5 heteroatoms. The maximum absolute atomic E-state index is 12.0. The highest BCUT2D eigenvalue weighted by Gasteiger charge is 2.36. The Labute approximate surface area is 101 Å². The van der Waals surface area contributed by atoms with Gasteiger partial charge in [0, 0.05) is 12.6 Å². The topological polar surface area (TPSA) is 78.4 Å². The van der Waals surface area contributed by atoms with Gasteiger partial charge in [-0.25, -0.2) is 0 Å². The summed E-state index contributed by atoms with van der Waals surface area (Å²) in [6, 6.07) is -0.173. The third-order valence-corrected chi connectivity index (χ3v) is 3.77. The monoisotopic (exact) mass is 240 g/mol. The van der Waals surface area contributed by atoms with Crippen LogP contribution >= 0.6 is 0 Å². The van der Waals surface area contributed by atoms with Crippen LogP contribution in [0.3, 0.4) is 0 Å². The van der Waals surface area contributed by atoms with E-state index in [0.29, 0.717) is 18.4 Å². The molecule has 0 spiro atoms. The van der Waals surface area contributed by atoms with Crippen molar-refractivity contribution in [2.45, 2.75) is 32.2 Å². The lowest BCUT2D eigenvalue weighted by atomic mass is 9.96. The van der Waals surface area contributed by atoms with Gasteiger partial charge in [-0.1, -0.05) is 6.92 Å². The molecule has 0 radical (unpaired) electrons. The lowest BCUT2D eigenvalue weighted by Crippen LogP contribution is -2.43. The predicted molar refractivity (Wildman–Crippen MR) is 62.4 cm³/mol. The van der Waals surface area contributed by atoms with E-state index in [9.17, 15) is 9.59 Å². The maximum Gasteiger partial charge on any atom is 0.305 e. The van der Waals surface area contributed by atoms with Crippen LogP contribution in [0.5, 0.6) is 0 Å². The summed E-state index contributed by atoms with van der Waals surface area (Å²) in [7, 11) is 0. The minimum Gasteiger partial charge on any atom is -0.481 e. The third kappa shape index (κ3) is 3.19. The Morgan fingerprint density at radius 2 is 2.12 bits per heavy atom. The molecule has 1 saturated carbocycles. The average Bonchev–Trinajstić information content (AvgIpc) is 3.00. The van der Waals surface area contributed by atoms with Crippen molar-refractivity contribution in [3.63, 3.8) is 0 Å². The molecule has 0 aromatic heterocycles. The number of carboxylic acids is 1. The lowest BCUT2D eigenvalue weighted by Gasteiger charge is -2.20. The van der Waals surface area contributed by atoms with Crippen molar-refractivity contribution in [3.8, 4) is 0 Å². The molecule has 1 amide bonds. The number of amides is 1. The SMILES string of the molecule is CC1CNCC1C(=O)NC(CC(=O)O)C1CC1. The molecular weight excluding hydrogens is 220 g/mol. The van der Waals surface area contributed by atoms with Crippen LogP contribution in [0.15, 0.2) is 0 Å². The standard InChI is InChI=1S/C12H20N2O3/c1-7-5-13-6-9(7)12(17)14-10(4-11(15)16)8-2-3-8/h7-10,13H,2-6H2,1H3,(H,14,17)(H,15,16). The molecule has 1 heterocycles.